The molecular weight excluding hydrogens is 321 g/mol. The second-order valence-corrected chi connectivity index (χ2v) is 12.3. The highest BCUT2D eigenvalue weighted by Gasteiger charge is 2.49. The molecule has 0 atom stereocenters. The van der Waals surface area contributed by atoms with Crippen LogP contribution in [-0.4, -0.2) is 22.0 Å². The maximum atomic E-state index is 12.5. The van der Waals surface area contributed by atoms with Crippen LogP contribution in [0.15, 0.2) is 11.3 Å². The lowest BCUT2D eigenvalue weighted by molar-refractivity contribution is -0.0519. The van der Waals surface area contributed by atoms with Crippen LogP contribution in [0.2, 0.25) is 19.6 Å². The highest BCUT2D eigenvalue weighted by Crippen LogP contribution is 2.31. The Morgan fingerprint density at radius 3 is 2.10 bits per heavy atom. The molecule has 1 aliphatic rings. The molecule has 0 amide bonds. The molecule has 1 rings (SSSR count). The second kappa shape index (κ2) is 6.44. The van der Waals surface area contributed by atoms with E-state index < -0.39 is 23.7 Å². The zero-order valence-corrected chi connectivity index (χ0v) is 14.1. The van der Waals surface area contributed by atoms with Crippen molar-refractivity contribution in [1.29, 1.82) is 0 Å². The molecule has 1 aliphatic carbocycles. The maximum absolute atomic E-state index is 12.5. The first-order valence-corrected chi connectivity index (χ1v) is 11.6. The predicted octanol–water partition coefficient (Wildman–Crippen LogP) is 3.95. The van der Waals surface area contributed by atoms with E-state index in [2.05, 4.69) is 15.6 Å². The van der Waals surface area contributed by atoms with Gasteiger partial charge in [-0.25, -0.2) is 0 Å². The van der Waals surface area contributed by atoms with E-state index in [1.54, 1.807) is 0 Å². The lowest BCUT2D eigenvalue weighted by atomic mass is 9.94. The quantitative estimate of drug-likeness (QED) is 0.251. The van der Waals surface area contributed by atoms with Gasteiger partial charge in [0.25, 0.3) is 0 Å². The van der Waals surface area contributed by atoms with Crippen molar-refractivity contribution >= 4 is 18.2 Å². The molecular formula is C13H19F3O3SSi. The van der Waals surface area contributed by atoms with E-state index in [9.17, 15) is 21.6 Å². The Balaban J connectivity index is 3.18. The lowest BCUT2D eigenvalue weighted by Gasteiger charge is -2.17. The van der Waals surface area contributed by atoms with Gasteiger partial charge in [-0.2, -0.15) is 21.6 Å². The molecule has 0 unspecified atom stereocenters. The van der Waals surface area contributed by atoms with Crippen LogP contribution < -0.4 is 0 Å². The van der Waals surface area contributed by atoms with Gasteiger partial charge in [-0.1, -0.05) is 26.1 Å². The van der Waals surface area contributed by atoms with Crippen LogP contribution in [0, 0.1) is 11.5 Å². The van der Waals surface area contributed by atoms with Crippen molar-refractivity contribution in [2.24, 2.45) is 0 Å². The molecule has 0 aliphatic heterocycles. The molecule has 0 heterocycles. The van der Waals surface area contributed by atoms with Gasteiger partial charge in [0, 0.05) is 0 Å². The van der Waals surface area contributed by atoms with Crippen molar-refractivity contribution in [1.82, 2.24) is 0 Å². The Hall–Kier alpha value is -0.943. The fourth-order valence-electron chi connectivity index (χ4n) is 1.77. The fourth-order valence-corrected chi connectivity index (χ4v) is 2.74. The third kappa shape index (κ3) is 5.75. The zero-order chi connectivity index (χ0) is 16.3. The summed E-state index contributed by atoms with van der Waals surface area (Å²) in [5, 5.41) is 0. The summed E-state index contributed by atoms with van der Waals surface area (Å²) in [7, 11) is -7.52. The van der Waals surface area contributed by atoms with Gasteiger partial charge < -0.3 is 4.18 Å². The van der Waals surface area contributed by atoms with Gasteiger partial charge in [0.15, 0.2) is 5.76 Å². The molecule has 120 valence electrons. The Morgan fingerprint density at radius 1 is 1.14 bits per heavy atom. The Morgan fingerprint density at radius 2 is 1.67 bits per heavy atom. The van der Waals surface area contributed by atoms with Crippen LogP contribution in [0.4, 0.5) is 13.2 Å². The summed E-state index contributed by atoms with van der Waals surface area (Å²) < 4.78 is 64.1. The zero-order valence-electron chi connectivity index (χ0n) is 12.3. The highest BCUT2D eigenvalue weighted by molar-refractivity contribution is 7.87. The van der Waals surface area contributed by atoms with Crippen LogP contribution >= 0.6 is 0 Å². The van der Waals surface area contributed by atoms with Crippen LogP contribution in [0.5, 0.6) is 0 Å². The summed E-state index contributed by atoms with van der Waals surface area (Å²) in [6.07, 6.45) is 3.65. The summed E-state index contributed by atoms with van der Waals surface area (Å²) in [6.45, 7) is 5.75. The van der Waals surface area contributed by atoms with Gasteiger partial charge >= 0.3 is 15.6 Å². The van der Waals surface area contributed by atoms with E-state index in [0.717, 1.165) is 19.3 Å². The average molecular weight is 340 g/mol. The molecule has 0 aromatic rings. The Labute approximate surface area is 124 Å². The molecule has 0 bridgehead atoms. The van der Waals surface area contributed by atoms with Gasteiger partial charge in [0.1, 0.15) is 8.07 Å². The Bertz CT molecular complexity index is 566. The molecule has 0 saturated heterocycles. The number of allylic oxidation sites excluding steroid dienone is 2. The van der Waals surface area contributed by atoms with E-state index in [1.165, 1.54) is 0 Å². The van der Waals surface area contributed by atoms with Crippen LogP contribution in [0.1, 0.15) is 32.1 Å². The van der Waals surface area contributed by atoms with Gasteiger partial charge in [-0.05, 0) is 37.2 Å². The molecule has 1 saturated carbocycles. The van der Waals surface area contributed by atoms with Gasteiger partial charge in [0.05, 0.1) is 0 Å². The predicted molar refractivity (Wildman–Crippen MR) is 77.3 cm³/mol. The van der Waals surface area contributed by atoms with Crippen molar-refractivity contribution in [2.75, 3.05) is 0 Å². The molecule has 0 radical (unpaired) electrons. The highest BCUT2D eigenvalue weighted by atomic mass is 32.2. The van der Waals surface area contributed by atoms with Crippen LogP contribution in [0.25, 0.3) is 0 Å². The number of rotatable bonds is 2. The van der Waals surface area contributed by atoms with Crippen molar-refractivity contribution in [3.63, 3.8) is 0 Å². The van der Waals surface area contributed by atoms with Crippen LogP contribution in [0.3, 0.4) is 0 Å². The SMILES string of the molecule is C[Si](C)(C)C#CC(OS(=O)(=O)C(F)(F)F)=C1CCCCC1. The summed E-state index contributed by atoms with van der Waals surface area (Å²) in [4.78, 5) is 0. The molecule has 1 fully saturated rings. The topological polar surface area (TPSA) is 43.4 Å². The van der Waals surface area contributed by atoms with Gasteiger partial charge in [0.2, 0.25) is 0 Å². The molecule has 0 N–H and O–H groups in total. The number of hydrogen-bond acceptors (Lipinski definition) is 3. The monoisotopic (exact) mass is 340 g/mol. The molecule has 3 nitrogen and oxygen atoms in total. The Kier molecular flexibility index (Phi) is 5.55. The summed E-state index contributed by atoms with van der Waals surface area (Å²) >= 11 is 0. The summed E-state index contributed by atoms with van der Waals surface area (Å²) in [6, 6.07) is 0. The van der Waals surface area contributed by atoms with Crippen molar-refractivity contribution < 1.29 is 25.8 Å². The van der Waals surface area contributed by atoms with E-state index >= 15 is 0 Å². The number of alkyl halides is 3. The van der Waals surface area contributed by atoms with Gasteiger partial charge in [-0.3, -0.25) is 0 Å². The van der Waals surface area contributed by atoms with E-state index in [1.807, 2.05) is 19.6 Å². The average Bonchev–Trinajstić information content (AvgIpc) is 2.33. The molecule has 21 heavy (non-hydrogen) atoms. The first-order valence-electron chi connectivity index (χ1n) is 6.68. The van der Waals surface area contributed by atoms with E-state index in [-0.39, 0.29) is 5.76 Å². The van der Waals surface area contributed by atoms with E-state index in [4.69, 9.17) is 0 Å². The molecule has 8 heteroatoms. The van der Waals surface area contributed by atoms with Crippen molar-refractivity contribution in [3.8, 4) is 11.5 Å². The smallest absolute Gasteiger partial charge is 0.367 e. The van der Waals surface area contributed by atoms with E-state index in [0.29, 0.717) is 18.4 Å². The third-order valence-corrected chi connectivity index (χ3v) is 4.63. The largest absolute Gasteiger partial charge is 0.534 e. The standard InChI is InChI=1S/C13H19F3O3SSi/c1-21(2,3)10-9-12(11-7-5-4-6-8-11)19-20(17,18)13(14,15)16/h4-8H2,1-3H3. The molecule has 0 aromatic heterocycles. The fraction of sp³-hybridized carbons (Fsp3) is 0.692. The minimum Gasteiger partial charge on any atom is -0.367 e. The lowest BCUT2D eigenvalue weighted by Crippen LogP contribution is -2.26. The van der Waals surface area contributed by atoms with Gasteiger partial charge in [-0.15, -0.1) is 5.54 Å². The minimum atomic E-state index is -5.66. The molecule has 0 aromatic carbocycles. The summed E-state index contributed by atoms with van der Waals surface area (Å²) in [5.74, 6) is 2.22. The number of halogens is 3. The second-order valence-electron chi connectivity index (χ2n) is 5.98. The minimum absolute atomic E-state index is 0.325. The first kappa shape index (κ1) is 18.1. The number of hydrogen-bond donors (Lipinski definition) is 0. The van der Waals surface area contributed by atoms with Crippen molar-refractivity contribution in [2.45, 2.75) is 57.3 Å². The van der Waals surface area contributed by atoms with Crippen LogP contribution in [-0.2, 0) is 14.3 Å². The third-order valence-electron chi connectivity index (χ3n) is 2.81. The summed E-state index contributed by atoms with van der Waals surface area (Å²) in [5.41, 5.74) is -2.00. The normalized spacial score (nSPS) is 17.0. The molecule has 0 spiro atoms. The maximum Gasteiger partial charge on any atom is 0.534 e. The van der Waals surface area contributed by atoms with Crippen molar-refractivity contribution in [3.05, 3.63) is 11.3 Å². The first-order chi connectivity index (χ1) is 9.42.